The lowest BCUT2D eigenvalue weighted by atomic mass is 9.93. The molecule has 0 aliphatic heterocycles. The van der Waals surface area contributed by atoms with Gasteiger partial charge in [0.2, 0.25) is 0 Å². The summed E-state index contributed by atoms with van der Waals surface area (Å²) in [5.74, 6) is -2.01. The van der Waals surface area contributed by atoms with Crippen LogP contribution >= 0.6 is 11.6 Å². The Hall–Kier alpha value is -3.96. The van der Waals surface area contributed by atoms with Crippen LogP contribution < -0.4 is 15.4 Å². The smallest absolute Gasteiger partial charge is 0.345 e. The fraction of sp³-hybridized carbons (Fsp3) is 0.500. The van der Waals surface area contributed by atoms with Crippen molar-refractivity contribution in [3.8, 4) is 5.75 Å². The van der Waals surface area contributed by atoms with E-state index in [1.165, 1.54) is 43.7 Å². The van der Waals surface area contributed by atoms with E-state index in [2.05, 4.69) is 17.6 Å². The SMILES string of the molecule is CC(C)CC(OC(=O)C(C)(C)CNC(=O)NC(=O)/C=C/CCC(C)O)C(=O)O.CCCc1ccc(F)cc1.COc1ccc(C)cc1Cl. The van der Waals surface area contributed by atoms with Crippen LogP contribution in [-0.2, 0) is 25.5 Å². The fourth-order valence-corrected chi connectivity index (χ4v) is 4.04. The number of benzene rings is 2. The van der Waals surface area contributed by atoms with Crippen LogP contribution in [0.5, 0.6) is 5.75 Å². The number of hydrogen-bond acceptors (Lipinski definition) is 7. The zero-order chi connectivity index (χ0) is 36.9. The summed E-state index contributed by atoms with van der Waals surface area (Å²) in [5, 5.41) is 23.4. The molecule has 48 heavy (non-hydrogen) atoms. The number of carboxylic acid groups (broad SMARTS) is 1. The third kappa shape index (κ3) is 20.3. The minimum absolute atomic E-state index is 0.0283. The number of aliphatic hydroxyl groups excluding tert-OH is 1. The van der Waals surface area contributed by atoms with Gasteiger partial charge in [0.05, 0.1) is 23.7 Å². The molecule has 0 bridgehead atoms. The molecule has 3 amide bonds. The molecule has 4 N–H and O–H groups in total. The Morgan fingerprint density at radius 2 is 1.69 bits per heavy atom. The number of aliphatic carboxylic acids is 1. The third-order valence-electron chi connectivity index (χ3n) is 6.47. The largest absolute Gasteiger partial charge is 0.495 e. The Bertz CT molecular complexity index is 1310. The van der Waals surface area contributed by atoms with E-state index in [0.717, 1.165) is 24.2 Å². The molecule has 0 saturated carbocycles. The van der Waals surface area contributed by atoms with E-state index in [4.69, 9.17) is 31.3 Å². The number of carbonyl (C=O) groups excluding carboxylic acids is 3. The Morgan fingerprint density at radius 1 is 1.06 bits per heavy atom. The summed E-state index contributed by atoms with van der Waals surface area (Å²) in [5.41, 5.74) is 1.17. The van der Waals surface area contributed by atoms with Gasteiger partial charge >= 0.3 is 18.0 Å². The first-order valence-electron chi connectivity index (χ1n) is 15.8. The van der Waals surface area contributed by atoms with Gasteiger partial charge in [-0.05, 0) is 101 Å². The minimum atomic E-state index is -1.26. The molecule has 2 aromatic carbocycles. The van der Waals surface area contributed by atoms with Gasteiger partial charge in [-0.15, -0.1) is 0 Å². The summed E-state index contributed by atoms with van der Waals surface area (Å²) >= 11 is 5.80. The van der Waals surface area contributed by atoms with Crippen molar-refractivity contribution in [1.29, 1.82) is 0 Å². The second-order valence-electron chi connectivity index (χ2n) is 12.3. The molecule has 10 nitrogen and oxygen atoms in total. The number of halogens is 2. The van der Waals surface area contributed by atoms with E-state index >= 15 is 0 Å². The summed E-state index contributed by atoms with van der Waals surface area (Å²) in [6.45, 7) is 12.2. The number of carbonyl (C=O) groups is 4. The highest BCUT2D eigenvalue weighted by Gasteiger charge is 2.34. The summed E-state index contributed by atoms with van der Waals surface area (Å²) in [6, 6.07) is 11.6. The van der Waals surface area contributed by atoms with Crippen LogP contribution in [0.15, 0.2) is 54.6 Å². The maximum absolute atomic E-state index is 12.3. The second-order valence-corrected chi connectivity index (χ2v) is 12.7. The molecular formula is C36H52ClFN2O8. The monoisotopic (exact) mass is 694 g/mol. The van der Waals surface area contributed by atoms with Crippen LogP contribution in [-0.4, -0.2) is 60.0 Å². The van der Waals surface area contributed by atoms with E-state index in [9.17, 15) is 23.6 Å². The number of aliphatic hydroxyl groups is 1. The lowest BCUT2D eigenvalue weighted by Crippen LogP contribution is -2.46. The van der Waals surface area contributed by atoms with Gasteiger partial charge in [0.15, 0.2) is 6.10 Å². The molecule has 0 saturated heterocycles. The lowest BCUT2D eigenvalue weighted by molar-refractivity contribution is -0.171. The van der Waals surface area contributed by atoms with Crippen molar-refractivity contribution in [1.82, 2.24) is 10.6 Å². The van der Waals surface area contributed by atoms with E-state index < -0.39 is 41.5 Å². The Kier molecular flexibility index (Phi) is 21.5. The van der Waals surface area contributed by atoms with Gasteiger partial charge in [0.1, 0.15) is 11.6 Å². The number of aryl methyl sites for hydroxylation is 2. The Labute approximate surface area is 289 Å². The number of imide groups is 1. The zero-order valence-corrected chi connectivity index (χ0v) is 30.0. The minimum Gasteiger partial charge on any atom is -0.495 e. The van der Waals surface area contributed by atoms with Crippen LogP contribution in [0.4, 0.5) is 9.18 Å². The third-order valence-corrected chi connectivity index (χ3v) is 6.77. The number of allylic oxidation sites excluding steroid dienone is 1. The van der Waals surface area contributed by atoms with Crippen molar-refractivity contribution >= 4 is 35.5 Å². The highest BCUT2D eigenvalue weighted by molar-refractivity contribution is 6.32. The molecule has 0 heterocycles. The van der Waals surface area contributed by atoms with Crippen molar-refractivity contribution in [3.63, 3.8) is 0 Å². The lowest BCUT2D eigenvalue weighted by Gasteiger charge is -2.25. The average Bonchev–Trinajstić information content (AvgIpc) is 2.99. The van der Waals surface area contributed by atoms with E-state index in [0.29, 0.717) is 17.9 Å². The summed E-state index contributed by atoms with van der Waals surface area (Å²) < 4.78 is 22.4. The van der Waals surface area contributed by atoms with Gasteiger partial charge in [-0.3, -0.25) is 14.9 Å². The maximum Gasteiger partial charge on any atom is 0.345 e. The maximum atomic E-state index is 12.3. The van der Waals surface area contributed by atoms with E-state index in [1.54, 1.807) is 14.0 Å². The van der Waals surface area contributed by atoms with Crippen molar-refractivity contribution < 1.29 is 43.3 Å². The number of ether oxygens (including phenoxy) is 2. The molecule has 2 unspecified atom stereocenters. The van der Waals surface area contributed by atoms with Gasteiger partial charge in [-0.1, -0.05) is 63.1 Å². The number of carboxylic acids is 1. The van der Waals surface area contributed by atoms with Gasteiger partial charge in [0, 0.05) is 6.54 Å². The zero-order valence-electron chi connectivity index (χ0n) is 29.3. The van der Waals surface area contributed by atoms with Crippen LogP contribution in [0.3, 0.4) is 0 Å². The van der Waals surface area contributed by atoms with Gasteiger partial charge in [-0.25, -0.2) is 14.0 Å². The number of methoxy groups -OCH3 is 1. The Balaban J connectivity index is 0.000000882. The first-order chi connectivity index (χ1) is 22.4. The highest BCUT2D eigenvalue weighted by Crippen LogP contribution is 2.24. The quantitative estimate of drug-likeness (QED) is 0.122. The van der Waals surface area contributed by atoms with Crippen molar-refractivity contribution in [2.24, 2.45) is 11.3 Å². The number of nitrogens with one attached hydrogen (secondary N) is 2. The summed E-state index contributed by atoms with van der Waals surface area (Å²) in [7, 11) is 1.61. The topological polar surface area (TPSA) is 151 Å². The highest BCUT2D eigenvalue weighted by atomic mass is 35.5. The molecule has 12 heteroatoms. The van der Waals surface area contributed by atoms with Crippen molar-refractivity contribution in [3.05, 3.63) is 76.6 Å². The predicted octanol–water partition coefficient (Wildman–Crippen LogP) is 7.03. The second kappa shape index (κ2) is 23.4. The molecule has 268 valence electrons. The van der Waals surface area contributed by atoms with Gasteiger partial charge in [-0.2, -0.15) is 0 Å². The number of rotatable bonds is 14. The molecule has 0 radical (unpaired) electrons. The number of amides is 3. The molecule has 2 aromatic rings. The number of hydrogen-bond donors (Lipinski definition) is 4. The van der Waals surface area contributed by atoms with Crippen LogP contribution in [0.2, 0.25) is 5.02 Å². The molecular weight excluding hydrogens is 643 g/mol. The molecule has 0 aromatic heterocycles. The van der Waals surface area contributed by atoms with E-state index in [1.807, 2.05) is 51.1 Å². The molecule has 2 atom stereocenters. The fourth-order valence-electron chi connectivity index (χ4n) is 3.73. The standard InChI is InChI=1S/C19H32N2O7.C9H11F.C8H9ClO/c1-12(2)10-14(16(24)25)28-17(26)19(4,5)11-20-18(27)21-15(23)9-7-6-8-13(3)22;1-2-3-8-4-6-9(10)7-5-8;1-6-3-4-8(10-2)7(9)5-6/h7,9,12-14,22H,6,8,10-11H2,1-5H3,(H,24,25)(H2,20,21,23,27);4-7H,2-3H2,1H3;3-5H,1-2H3/b9-7+;;. The molecule has 2 rings (SSSR count). The molecule has 0 spiro atoms. The average molecular weight is 695 g/mol. The molecule has 0 fully saturated rings. The van der Waals surface area contributed by atoms with Gasteiger partial charge < -0.3 is 25.0 Å². The van der Waals surface area contributed by atoms with Crippen LogP contribution in [0.1, 0.15) is 78.4 Å². The van der Waals surface area contributed by atoms with Gasteiger partial charge in [0.25, 0.3) is 5.91 Å². The van der Waals surface area contributed by atoms with Crippen molar-refractivity contribution in [2.75, 3.05) is 13.7 Å². The first-order valence-corrected chi connectivity index (χ1v) is 16.2. The first kappa shape index (κ1) is 44.0. The van der Waals surface area contributed by atoms with Crippen LogP contribution in [0, 0.1) is 24.1 Å². The summed E-state index contributed by atoms with van der Waals surface area (Å²) in [6.07, 6.45) is 4.33. The Morgan fingerprint density at radius 3 is 2.19 bits per heavy atom. The molecule has 0 aliphatic rings. The van der Waals surface area contributed by atoms with Crippen LogP contribution in [0.25, 0.3) is 0 Å². The van der Waals surface area contributed by atoms with E-state index in [-0.39, 0.29) is 24.7 Å². The number of esters is 1. The molecule has 0 aliphatic carbocycles. The number of urea groups is 1. The summed E-state index contributed by atoms with van der Waals surface area (Å²) in [4.78, 5) is 46.9. The normalized spacial score (nSPS) is 12.1. The predicted molar refractivity (Wildman–Crippen MR) is 185 cm³/mol. The van der Waals surface area contributed by atoms with Crippen molar-refractivity contribution in [2.45, 2.75) is 92.8 Å².